The summed E-state index contributed by atoms with van der Waals surface area (Å²) in [7, 11) is 0. The van der Waals surface area contributed by atoms with Crippen molar-refractivity contribution in [1.82, 2.24) is 5.32 Å². The van der Waals surface area contributed by atoms with Crippen molar-refractivity contribution in [3.63, 3.8) is 0 Å². The second kappa shape index (κ2) is 2.64. The van der Waals surface area contributed by atoms with Gasteiger partial charge in [0.2, 0.25) is 0 Å². The SMILES string of the molecule is S=CC1CSCN1. The molecule has 0 saturated carbocycles. The molecule has 1 saturated heterocycles. The summed E-state index contributed by atoms with van der Waals surface area (Å²) in [4.78, 5) is 0. The van der Waals surface area contributed by atoms with E-state index in [2.05, 4.69) is 5.32 Å². The topological polar surface area (TPSA) is 12.0 Å². The lowest BCUT2D eigenvalue weighted by Crippen LogP contribution is -2.23. The number of hydrogen-bond acceptors (Lipinski definition) is 3. The molecule has 0 aromatic heterocycles. The lowest BCUT2D eigenvalue weighted by atomic mass is 10.4. The van der Waals surface area contributed by atoms with E-state index in [1.54, 1.807) is 5.37 Å². The quantitative estimate of drug-likeness (QED) is 0.527. The first-order valence-corrected chi connectivity index (χ1v) is 3.82. The van der Waals surface area contributed by atoms with E-state index in [1.807, 2.05) is 11.8 Å². The fourth-order valence-corrected chi connectivity index (χ4v) is 1.73. The van der Waals surface area contributed by atoms with Gasteiger partial charge < -0.3 is 0 Å². The van der Waals surface area contributed by atoms with Gasteiger partial charge in [0, 0.05) is 17.7 Å². The van der Waals surface area contributed by atoms with Crippen molar-refractivity contribution in [2.45, 2.75) is 6.04 Å². The van der Waals surface area contributed by atoms with Gasteiger partial charge in [-0.3, -0.25) is 5.32 Å². The van der Waals surface area contributed by atoms with Crippen molar-refractivity contribution in [2.24, 2.45) is 0 Å². The first-order chi connectivity index (χ1) is 3.43. The molecule has 1 N–H and O–H groups in total. The summed E-state index contributed by atoms with van der Waals surface area (Å²) >= 11 is 6.61. The molecule has 0 aliphatic carbocycles. The fraction of sp³-hybridized carbons (Fsp3) is 0.750. The van der Waals surface area contributed by atoms with Crippen molar-refractivity contribution < 1.29 is 0 Å². The van der Waals surface area contributed by atoms with E-state index in [0.717, 1.165) is 11.6 Å². The summed E-state index contributed by atoms with van der Waals surface area (Å²) in [6, 6.07) is 0.500. The maximum atomic E-state index is 4.71. The molecular weight excluding hydrogens is 126 g/mol. The van der Waals surface area contributed by atoms with Crippen LogP contribution in [0, 0.1) is 0 Å². The van der Waals surface area contributed by atoms with Gasteiger partial charge in [-0.2, -0.15) is 0 Å². The minimum Gasteiger partial charge on any atom is -0.300 e. The van der Waals surface area contributed by atoms with Gasteiger partial charge >= 0.3 is 0 Å². The van der Waals surface area contributed by atoms with Crippen LogP contribution in [0.1, 0.15) is 0 Å². The molecule has 1 atom stereocenters. The Morgan fingerprint density at radius 1 is 1.86 bits per heavy atom. The minimum absolute atomic E-state index is 0.500. The summed E-state index contributed by atoms with van der Waals surface area (Å²) < 4.78 is 0. The second-order valence-electron chi connectivity index (χ2n) is 1.46. The van der Waals surface area contributed by atoms with Gasteiger partial charge in [-0.15, -0.1) is 11.8 Å². The van der Waals surface area contributed by atoms with Crippen molar-refractivity contribution in [3.05, 3.63) is 0 Å². The molecule has 40 valence electrons. The monoisotopic (exact) mass is 133 g/mol. The molecule has 0 spiro atoms. The van der Waals surface area contributed by atoms with Crippen molar-refractivity contribution >= 4 is 29.3 Å². The molecule has 0 aromatic carbocycles. The van der Waals surface area contributed by atoms with E-state index in [0.29, 0.717) is 6.04 Å². The van der Waals surface area contributed by atoms with Gasteiger partial charge in [0.1, 0.15) is 0 Å². The molecule has 3 heteroatoms. The van der Waals surface area contributed by atoms with Crippen molar-refractivity contribution in [1.29, 1.82) is 0 Å². The van der Waals surface area contributed by atoms with Crippen LogP contribution in [0.3, 0.4) is 0 Å². The summed E-state index contributed by atoms with van der Waals surface area (Å²) in [6.45, 7) is 0. The van der Waals surface area contributed by atoms with Gasteiger partial charge in [-0.05, 0) is 5.37 Å². The first kappa shape index (κ1) is 5.54. The molecule has 1 heterocycles. The zero-order valence-electron chi connectivity index (χ0n) is 3.89. The van der Waals surface area contributed by atoms with E-state index < -0.39 is 0 Å². The van der Waals surface area contributed by atoms with Crippen LogP contribution in [-0.2, 0) is 0 Å². The van der Waals surface area contributed by atoms with Crippen LogP contribution in [0.2, 0.25) is 0 Å². The van der Waals surface area contributed by atoms with Crippen LogP contribution >= 0.6 is 24.0 Å². The Hall–Kier alpha value is 0.400. The standard InChI is InChI=1S/C4H7NS2/c6-1-4-2-7-3-5-4/h1,4-5H,2-3H2. The largest absolute Gasteiger partial charge is 0.300 e. The summed E-state index contributed by atoms with van der Waals surface area (Å²) in [6.07, 6.45) is 0. The highest BCUT2D eigenvalue weighted by Crippen LogP contribution is 2.06. The zero-order chi connectivity index (χ0) is 5.11. The molecule has 1 fully saturated rings. The third kappa shape index (κ3) is 1.40. The Morgan fingerprint density at radius 2 is 2.71 bits per heavy atom. The van der Waals surface area contributed by atoms with Crippen LogP contribution in [0.25, 0.3) is 0 Å². The van der Waals surface area contributed by atoms with E-state index >= 15 is 0 Å². The third-order valence-electron chi connectivity index (χ3n) is 0.909. The minimum atomic E-state index is 0.500. The maximum Gasteiger partial charge on any atom is 0.0452 e. The van der Waals surface area contributed by atoms with Crippen LogP contribution in [0.15, 0.2) is 0 Å². The average molecular weight is 133 g/mol. The normalized spacial score (nSPS) is 30.6. The second-order valence-corrected chi connectivity index (χ2v) is 2.76. The molecule has 0 amide bonds. The Balaban J connectivity index is 2.26. The van der Waals surface area contributed by atoms with Crippen LogP contribution in [0.4, 0.5) is 0 Å². The lowest BCUT2D eigenvalue weighted by molar-refractivity contribution is 0.805. The number of hydrogen-bond donors (Lipinski definition) is 1. The van der Waals surface area contributed by atoms with Gasteiger partial charge in [0.05, 0.1) is 0 Å². The van der Waals surface area contributed by atoms with Crippen LogP contribution in [0.5, 0.6) is 0 Å². The first-order valence-electron chi connectivity index (χ1n) is 2.20. The molecular formula is C4H7NS2. The predicted molar refractivity (Wildman–Crippen MR) is 37.9 cm³/mol. The Labute approximate surface area is 52.9 Å². The number of nitrogens with one attached hydrogen (secondary N) is 1. The molecule has 1 rings (SSSR count). The molecule has 0 radical (unpaired) electrons. The highest BCUT2D eigenvalue weighted by Gasteiger charge is 2.09. The van der Waals surface area contributed by atoms with E-state index in [4.69, 9.17) is 12.2 Å². The third-order valence-corrected chi connectivity index (χ3v) is 2.20. The average Bonchev–Trinajstić information content (AvgIpc) is 2.14. The Kier molecular flexibility index (Phi) is 2.09. The van der Waals surface area contributed by atoms with Gasteiger partial charge in [-0.25, -0.2) is 0 Å². The van der Waals surface area contributed by atoms with Crippen molar-refractivity contribution in [2.75, 3.05) is 11.6 Å². The predicted octanol–water partition coefficient (Wildman–Crippen LogP) is 0.649. The van der Waals surface area contributed by atoms with Crippen LogP contribution in [-0.4, -0.2) is 23.0 Å². The molecule has 7 heavy (non-hydrogen) atoms. The lowest BCUT2D eigenvalue weighted by Gasteiger charge is -1.95. The summed E-state index contributed by atoms with van der Waals surface area (Å²) in [5, 5.41) is 5.00. The highest BCUT2D eigenvalue weighted by molar-refractivity contribution is 7.99. The van der Waals surface area contributed by atoms with E-state index in [1.165, 1.54) is 0 Å². The molecule has 1 aliphatic heterocycles. The van der Waals surface area contributed by atoms with Gasteiger partial charge in [-0.1, -0.05) is 12.2 Å². The number of thiocarbonyl (C=S) groups is 1. The van der Waals surface area contributed by atoms with Gasteiger partial charge in [0.25, 0.3) is 0 Å². The Bertz CT molecular complexity index is 68.1. The molecule has 0 aromatic rings. The number of thioether (sulfide) groups is 1. The molecule has 1 unspecified atom stereocenters. The molecule has 1 aliphatic rings. The summed E-state index contributed by atoms with van der Waals surface area (Å²) in [5.41, 5.74) is 0. The smallest absolute Gasteiger partial charge is 0.0452 e. The summed E-state index contributed by atoms with van der Waals surface area (Å²) in [5.74, 6) is 2.22. The van der Waals surface area contributed by atoms with E-state index in [9.17, 15) is 0 Å². The zero-order valence-corrected chi connectivity index (χ0v) is 5.52. The van der Waals surface area contributed by atoms with Crippen molar-refractivity contribution in [3.8, 4) is 0 Å². The van der Waals surface area contributed by atoms with Gasteiger partial charge in [0.15, 0.2) is 0 Å². The fourth-order valence-electron chi connectivity index (χ4n) is 0.498. The molecule has 0 bridgehead atoms. The number of rotatable bonds is 1. The highest BCUT2D eigenvalue weighted by atomic mass is 32.2. The Morgan fingerprint density at radius 3 is 3.00 bits per heavy atom. The molecule has 1 nitrogen and oxygen atoms in total. The maximum absolute atomic E-state index is 4.71. The van der Waals surface area contributed by atoms with E-state index in [-0.39, 0.29) is 0 Å². The van der Waals surface area contributed by atoms with Crippen LogP contribution < -0.4 is 5.32 Å².